The molecule has 0 amide bonds. The zero-order chi connectivity index (χ0) is 14.5. The summed E-state index contributed by atoms with van der Waals surface area (Å²) in [7, 11) is 0. The van der Waals surface area contributed by atoms with E-state index in [4.69, 9.17) is 10.8 Å². The Kier molecular flexibility index (Phi) is 2.86. The molecule has 0 aliphatic carbocycles. The maximum atomic E-state index is 6.01. The lowest BCUT2D eigenvalue weighted by Gasteiger charge is -2.15. The molecule has 6 heteroatoms. The Balaban J connectivity index is 2.29. The lowest BCUT2D eigenvalue weighted by atomic mass is 9.91. The van der Waals surface area contributed by atoms with Gasteiger partial charge in [0.15, 0.2) is 5.65 Å². The number of fused-ring (bicyclic) bond motifs is 1. The summed E-state index contributed by atoms with van der Waals surface area (Å²) in [5, 5.41) is 12.8. The third-order valence-electron chi connectivity index (χ3n) is 3.19. The van der Waals surface area contributed by atoms with Crippen molar-refractivity contribution in [2.75, 3.05) is 5.73 Å². The number of rotatable bonds is 1. The smallest absolute Gasteiger partial charge is 0.186 e. The number of aromatic amines is 1. The van der Waals surface area contributed by atoms with Crippen LogP contribution in [0.2, 0.25) is 0 Å². The first-order chi connectivity index (χ1) is 9.38. The van der Waals surface area contributed by atoms with Crippen molar-refractivity contribution in [1.82, 2.24) is 20.0 Å². The third kappa shape index (κ3) is 2.00. The number of nitrogens with one attached hydrogen (secondary N) is 1. The third-order valence-corrected chi connectivity index (χ3v) is 3.72. The highest BCUT2D eigenvalue weighted by Crippen LogP contribution is 2.32. The number of anilines is 1. The highest BCUT2D eigenvalue weighted by Gasteiger charge is 2.26. The molecule has 2 heterocycles. The van der Waals surface area contributed by atoms with Crippen molar-refractivity contribution in [2.24, 2.45) is 0 Å². The van der Waals surface area contributed by atoms with Crippen molar-refractivity contribution in [2.45, 2.75) is 26.2 Å². The standard InChI is InChI=1S/C14H16BrN5/c1-14(2,3)11-10-12(16)17-18-13(10)20(19-11)9-6-4-8(15)5-7-9/h4-7H,1-3H3,(H3,16,17,18). The first-order valence-corrected chi connectivity index (χ1v) is 7.16. The molecule has 20 heavy (non-hydrogen) atoms. The highest BCUT2D eigenvalue weighted by atomic mass is 79.9. The summed E-state index contributed by atoms with van der Waals surface area (Å²) in [5.74, 6) is 0.563. The number of hydrogen-bond acceptors (Lipinski definition) is 3. The fraction of sp³-hybridized carbons (Fsp3) is 0.286. The van der Waals surface area contributed by atoms with Gasteiger partial charge in [0.2, 0.25) is 0 Å². The molecule has 0 unspecified atom stereocenters. The second-order valence-corrected chi connectivity index (χ2v) is 6.74. The SMILES string of the molecule is CC(C)(C)c1nn(-c2ccc(Br)cc2)c2n[nH]c(N)c12. The van der Waals surface area contributed by atoms with Gasteiger partial charge in [-0.3, -0.25) is 5.10 Å². The quantitative estimate of drug-likeness (QED) is 0.716. The van der Waals surface area contributed by atoms with Crippen molar-refractivity contribution < 1.29 is 0 Å². The number of nitrogens with zero attached hydrogens (tertiary/aromatic N) is 3. The predicted molar refractivity (Wildman–Crippen MR) is 84.0 cm³/mol. The van der Waals surface area contributed by atoms with Crippen LogP contribution >= 0.6 is 15.9 Å². The van der Waals surface area contributed by atoms with E-state index in [1.807, 2.05) is 28.9 Å². The van der Waals surface area contributed by atoms with E-state index in [1.165, 1.54) is 0 Å². The van der Waals surface area contributed by atoms with Crippen LogP contribution in [0.1, 0.15) is 26.5 Å². The molecule has 0 saturated carbocycles. The lowest BCUT2D eigenvalue weighted by molar-refractivity contribution is 0.564. The molecular weight excluding hydrogens is 318 g/mol. The number of H-pyrrole nitrogens is 1. The second kappa shape index (κ2) is 4.34. The maximum absolute atomic E-state index is 6.01. The minimum atomic E-state index is -0.100. The summed E-state index contributed by atoms with van der Waals surface area (Å²) in [5.41, 5.74) is 8.57. The Bertz CT molecular complexity index is 761. The summed E-state index contributed by atoms with van der Waals surface area (Å²) in [6.07, 6.45) is 0. The molecule has 0 aliphatic rings. The monoisotopic (exact) mass is 333 g/mol. The molecule has 2 aromatic heterocycles. The van der Waals surface area contributed by atoms with Gasteiger partial charge < -0.3 is 5.73 Å². The maximum Gasteiger partial charge on any atom is 0.186 e. The predicted octanol–water partition coefficient (Wildman–Crippen LogP) is 3.39. The van der Waals surface area contributed by atoms with Gasteiger partial charge in [0.05, 0.1) is 16.8 Å². The Hall–Kier alpha value is -1.82. The van der Waals surface area contributed by atoms with Crippen LogP contribution in [0, 0.1) is 0 Å². The van der Waals surface area contributed by atoms with Crippen LogP contribution < -0.4 is 5.73 Å². The van der Waals surface area contributed by atoms with Gasteiger partial charge in [-0.2, -0.15) is 10.2 Å². The zero-order valence-corrected chi connectivity index (χ0v) is 13.2. The van der Waals surface area contributed by atoms with E-state index in [2.05, 4.69) is 46.9 Å². The number of halogens is 1. The highest BCUT2D eigenvalue weighted by molar-refractivity contribution is 9.10. The molecule has 0 atom stereocenters. The molecule has 0 bridgehead atoms. The minimum absolute atomic E-state index is 0.100. The summed E-state index contributed by atoms with van der Waals surface area (Å²) < 4.78 is 2.86. The number of nitrogens with two attached hydrogens (primary N) is 1. The van der Waals surface area contributed by atoms with Crippen LogP contribution in [0.25, 0.3) is 16.7 Å². The van der Waals surface area contributed by atoms with E-state index in [0.717, 1.165) is 26.9 Å². The Morgan fingerprint density at radius 2 is 1.85 bits per heavy atom. The fourth-order valence-electron chi connectivity index (χ4n) is 2.22. The van der Waals surface area contributed by atoms with Crippen LogP contribution in [0.3, 0.4) is 0 Å². The van der Waals surface area contributed by atoms with E-state index >= 15 is 0 Å². The van der Waals surface area contributed by atoms with Gasteiger partial charge in [-0.1, -0.05) is 36.7 Å². The molecule has 0 radical (unpaired) electrons. The molecular formula is C14H16BrN5. The normalized spacial score (nSPS) is 12.2. The van der Waals surface area contributed by atoms with Crippen LogP contribution in [0.4, 0.5) is 5.82 Å². The number of hydrogen-bond donors (Lipinski definition) is 2. The molecule has 0 aliphatic heterocycles. The van der Waals surface area contributed by atoms with Gasteiger partial charge in [-0.15, -0.1) is 0 Å². The molecule has 0 fully saturated rings. The topological polar surface area (TPSA) is 72.5 Å². The fourth-order valence-corrected chi connectivity index (χ4v) is 2.48. The average Bonchev–Trinajstić information content (AvgIpc) is 2.91. The summed E-state index contributed by atoms with van der Waals surface area (Å²) >= 11 is 3.44. The van der Waals surface area contributed by atoms with Gasteiger partial charge in [-0.25, -0.2) is 4.68 Å². The van der Waals surface area contributed by atoms with Gasteiger partial charge in [0.25, 0.3) is 0 Å². The zero-order valence-electron chi connectivity index (χ0n) is 11.6. The molecule has 3 N–H and O–H groups in total. The molecule has 5 nitrogen and oxygen atoms in total. The van der Waals surface area contributed by atoms with E-state index in [0.29, 0.717) is 5.82 Å². The minimum Gasteiger partial charge on any atom is -0.383 e. The van der Waals surface area contributed by atoms with Crippen molar-refractivity contribution in [3.8, 4) is 5.69 Å². The van der Waals surface area contributed by atoms with Crippen LogP contribution in [0.5, 0.6) is 0 Å². The summed E-state index contributed by atoms with van der Waals surface area (Å²) in [6, 6.07) is 7.95. The largest absolute Gasteiger partial charge is 0.383 e. The van der Waals surface area contributed by atoms with E-state index in [-0.39, 0.29) is 5.41 Å². The molecule has 3 aromatic rings. The molecule has 104 valence electrons. The molecule has 3 rings (SSSR count). The number of benzene rings is 1. The van der Waals surface area contributed by atoms with Crippen LogP contribution in [0.15, 0.2) is 28.7 Å². The van der Waals surface area contributed by atoms with Crippen LogP contribution in [-0.4, -0.2) is 20.0 Å². The number of aromatic nitrogens is 4. The average molecular weight is 334 g/mol. The van der Waals surface area contributed by atoms with E-state index in [1.54, 1.807) is 0 Å². The Labute approximate surface area is 125 Å². The summed E-state index contributed by atoms with van der Waals surface area (Å²) in [4.78, 5) is 0. The van der Waals surface area contributed by atoms with Gasteiger partial charge in [0, 0.05) is 9.89 Å². The second-order valence-electron chi connectivity index (χ2n) is 5.82. The van der Waals surface area contributed by atoms with Gasteiger partial charge in [0.1, 0.15) is 5.82 Å². The first-order valence-electron chi connectivity index (χ1n) is 6.37. The van der Waals surface area contributed by atoms with Crippen molar-refractivity contribution in [3.63, 3.8) is 0 Å². The molecule has 0 saturated heterocycles. The van der Waals surface area contributed by atoms with Gasteiger partial charge >= 0.3 is 0 Å². The van der Waals surface area contributed by atoms with Crippen molar-refractivity contribution in [1.29, 1.82) is 0 Å². The Morgan fingerprint density at radius 1 is 1.20 bits per heavy atom. The summed E-state index contributed by atoms with van der Waals surface area (Å²) in [6.45, 7) is 6.35. The Morgan fingerprint density at radius 3 is 2.45 bits per heavy atom. The van der Waals surface area contributed by atoms with Crippen molar-refractivity contribution >= 4 is 32.8 Å². The first kappa shape index (κ1) is 13.2. The lowest BCUT2D eigenvalue weighted by Crippen LogP contribution is -2.13. The van der Waals surface area contributed by atoms with Crippen LogP contribution in [-0.2, 0) is 5.41 Å². The molecule has 1 aromatic carbocycles. The van der Waals surface area contributed by atoms with E-state index in [9.17, 15) is 0 Å². The van der Waals surface area contributed by atoms with Crippen molar-refractivity contribution in [3.05, 3.63) is 34.4 Å². The van der Waals surface area contributed by atoms with E-state index < -0.39 is 0 Å². The number of nitrogen functional groups attached to an aromatic ring is 1. The van der Waals surface area contributed by atoms with Gasteiger partial charge in [-0.05, 0) is 24.3 Å². The molecule has 0 spiro atoms.